The van der Waals surface area contributed by atoms with E-state index >= 15 is 0 Å². The molecule has 2 aliphatic rings. The summed E-state index contributed by atoms with van der Waals surface area (Å²) >= 11 is 12.6. The molecule has 1 saturated heterocycles. The van der Waals surface area contributed by atoms with Gasteiger partial charge in [0.15, 0.2) is 5.82 Å². The van der Waals surface area contributed by atoms with E-state index in [4.69, 9.17) is 38.9 Å². The molecule has 1 aliphatic heterocycles. The molecule has 1 atom stereocenters. The van der Waals surface area contributed by atoms with Crippen LogP contribution >= 0.6 is 23.2 Å². The number of nitrogens with zero attached hydrogens (tertiary/aromatic N) is 3. The number of aliphatic hydroxyl groups excluding tert-OH is 1. The standard InChI is InChI=1S/C26H29Cl2N5O3S/c1-15-23(18-4-3-5-20(27)22(18)28)31-21(14-34)25(30-15)33-10-8-26(9-11-33)13-16-6-7-17(32-37(2,35)36)12-19(16)24(26)29/h3-7,12,24,32,34H,8-11,13-14,29H2,1-2H3/t24-/m1/s1. The van der Waals surface area contributed by atoms with Gasteiger partial charge < -0.3 is 15.7 Å². The Balaban J connectivity index is 1.38. The Labute approximate surface area is 226 Å². The van der Waals surface area contributed by atoms with Gasteiger partial charge in [0, 0.05) is 30.4 Å². The molecule has 4 N–H and O–H groups in total. The average Bonchev–Trinajstić information content (AvgIpc) is 3.11. The van der Waals surface area contributed by atoms with E-state index in [0.717, 1.165) is 36.6 Å². The molecule has 1 spiro atoms. The van der Waals surface area contributed by atoms with Gasteiger partial charge in [-0.1, -0.05) is 41.4 Å². The number of aryl methyl sites for hydroxylation is 1. The maximum atomic E-state index is 11.7. The number of anilines is 2. The molecule has 196 valence electrons. The molecule has 5 rings (SSSR count). The minimum Gasteiger partial charge on any atom is -0.390 e. The van der Waals surface area contributed by atoms with Crippen molar-refractivity contribution in [2.45, 2.75) is 38.8 Å². The van der Waals surface area contributed by atoms with E-state index in [1.54, 1.807) is 12.1 Å². The van der Waals surface area contributed by atoms with Crippen LogP contribution in [0, 0.1) is 12.3 Å². The van der Waals surface area contributed by atoms with Gasteiger partial charge in [-0.2, -0.15) is 0 Å². The van der Waals surface area contributed by atoms with Crippen molar-refractivity contribution in [3.63, 3.8) is 0 Å². The first-order valence-corrected chi connectivity index (χ1v) is 14.7. The van der Waals surface area contributed by atoms with Crippen molar-refractivity contribution in [3.05, 3.63) is 69.0 Å². The predicted molar refractivity (Wildman–Crippen MR) is 148 cm³/mol. The van der Waals surface area contributed by atoms with Crippen molar-refractivity contribution in [2.75, 3.05) is 29.0 Å². The second-order valence-electron chi connectivity index (χ2n) is 9.98. The van der Waals surface area contributed by atoms with Crippen molar-refractivity contribution in [1.29, 1.82) is 0 Å². The lowest BCUT2D eigenvalue weighted by Gasteiger charge is -2.43. The Hall–Kier alpha value is -2.43. The van der Waals surface area contributed by atoms with Gasteiger partial charge in [-0.15, -0.1) is 0 Å². The Bertz CT molecular complexity index is 1470. The summed E-state index contributed by atoms with van der Waals surface area (Å²) in [7, 11) is -3.36. The third-order valence-electron chi connectivity index (χ3n) is 7.52. The number of halogens is 2. The molecule has 1 aliphatic carbocycles. The number of nitrogens with two attached hydrogens (primary N) is 1. The zero-order chi connectivity index (χ0) is 26.5. The fourth-order valence-corrected chi connectivity index (χ4v) is 6.58. The van der Waals surface area contributed by atoms with Crippen LogP contribution < -0.4 is 15.4 Å². The van der Waals surface area contributed by atoms with Gasteiger partial charge in [-0.25, -0.2) is 18.4 Å². The topological polar surface area (TPSA) is 121 Å². The molecular formula is C26H29Cl2N5O3S. The highest BCUT2D eigenvalue weighted by Crippen LogP contribution is 2.51. The normalized spacial score (nSPS) is 18.8. The van der Waals surface area contributed by atoms with Crippen LogP contribution in [-0.4, -0.2) is 42.8 Å². The summed E-state index contributed by atoms with van der Waals surface area (Å²) < 4.78 is 25.9. The third-order valence-corrected chi connectivity index (χ3v) is 8.95. The van der Waals surface area contributed by atoms with Crippen molar-refractivity contribution in [2.24, 2.45) is 11.1 Å². The predicted octanol–water partition coefficient (Wildman–Crippen LogP) is 4.47. The lowest BCUT2D eigenvalue weighted by molar-refractivity contribution is 0.186. The highest BCUT2D eigenvalue weighted by Gasteiger charge is 2.46. The van der Waals surface area contributed by atoms with Crippen molar-refractivity contribution < 1.29 is 13.5 Å². The van der Waals surface area contributed by atoms with Crippen LogP contribution in [0.3, 0.4) is 0 Å². The number of nitrogens with one attached hydrogen (secondary N) is 1. The number of fused-ring (bicyclic) bond motifs is 1. The Kier molecular flexibility index (Phi) is 6.87. The minimum absolute atomic E-state index is 0.112. The Morgan fingerprint density at radius 3 is 2.59 bits per heavy atom. The molecule has 2 heterocycles. The summed E-state index contributed by atoms with van der Waals surface area (Å²) in [5.41, 5.74) is 11.8. The lowest BCUT2D eigenvalue weighted by atomic mass is 9.73. The van der Waals surface area contributed by atoms with Crippen LogP contribution in [-0.2, 0) is 23.1 Å². The fraction of sp³-hybridized carbons (Fsp3) is 0.385. The second kappa shape index (κ2) is 9.71. The molecule has 0 unspecified atom stereocenters. The van der Waals surface area contributed by atoms with E-state index in [1.165, 1.54) is 0 Å². The molecule has 37 heavy (non-hydrogen) atoms. The Morgan fingerprint density at radius 2 is 1.92 bits per heavy atom. The van der Waals surface area contributed by atoms with Crippen LogP contribution in [0.1, 0.15) is 41.4 Å². The highest BCUT2D eigenvalue weighted by atomic mass is 35.5. The number of hydrogen-bond acceptors (Lipinski definition) is 7. The van der Waals surface area contributed by atoms with Gasteiger partial charge in [0.1, 0.15) is 5.69 Å². The molecule has 2 aromatic carbocycles. The zero-order valence-corrected chi connectivity index (χ0v) is 23.0. The number of hydrogen-bond donors (Lipinski definition) is 3. The number of benzene rings is 2. The number of aliphatic hydroxyl groups is 1. The quantitative estimate of drug-likeness (QED) is 0.420. The number of rotatable bonds is 5. The van der Waals surface area contributed by atoms with Gasteiger partial charge in [0.05, 0.1) is 34.3 Å². The van der Waals surface area contributed by atoms with E-state index in [2.05, 4.69) is 9.62 Å². The van der Waals surface area contributed by atoms with Crippen LogP contribution in [0.2, 0.25) is 10.0 Å². The van der Waals surface area contributed by atoms with Gasteiger partial charge >= 0.3 is 0 Å². The first-order valence-electron chi connectivity index (χ1n) is 12.1. The third kappa shape index (κ3) is 4.91. The molecule has 1 aromatic heterocycles. The highest BCUT2D eigenvalue weighted by molar-refractivity contribution is 7.92. The molecule has 0 bridgehead atoms. The summed E-state index contributed by atoms with van der Waals surface area (Å²) in [5, 5.41) is 11.0. The number of aromatic nitrogens is 2. The summed E-state index contributed by atoms with van der Waals surface area (Å²) in [4.78, 5) is 11.7. The van der Waals surface area contributed by atoms with E-state index in [1.807, 2.05) is 31.2 Å². The van der Waals surface area contributed by atoms with E-state index < -0.39 is 10.0 Å². The maximum Gasteiger partial charge on any atom is 0.229 e. The van der Waals surface area contributed by atoms with Crippen molar-refractivity contribution in [3.8, 4) is 11.3 Å². The largest absolute Gasteiger partial charge is 0.390 e. The molecular weight excluding hydrogens is 533 g/mol. The molecule has 0 radical (unpaired) electrons. The SMILES string of the molecule is Cc1nc(N2CCC3(CC2)Cc2ccc(NS(C)(=O)=O)cc2[C@H]3N)c(CO)nc1-c1cccc(Cl)c1Cl. The maximum absolute atomic E-state index is 11.7. The number of sulfonamides is 1. The monoisotopic (exact) mass is 561 g/mol. The lowest BCUT2D eigenvalue weighted by Crippen LogP contribution is -2.45. The number of piperidine rings is 1. The van der Waals surface area contributed by atoms with Crippen LogP contribution in [0.4, 0.5) is 11.5 Å². The molecule has 8 nitrogen and oxygen atoms in total. The minimum atomic E-state index is -3.36. The summed E-state index contributed by atoms with van der Waals surface area (Å²) in [5.74, 6) is 0.667. The molecule has 3 aromatic rings. The van der Waals surface area contributed by atoms with E-state index in [0.29, 0.717) is 57.3 Å². The van der Waals surface area contributed by atoms with Crippen LogP contribution in [0.25, 0.3) is 11.3 Å². The second-order valence-corrected chi connectivity index (χ2v) is 12.5. The van der Waals surface area contributed by atoms with Crippen molar-refractivity contribution >= 4 is 44.7 Å². The summed E-state index contributed by atoms with van der Waals surface area (Å²) in [6.45, 7) is 3.06. The fourth-order valence-electron chi connectivity index (χ4n) is 5.64. The molecule has 1 fully saturated rings. The summed E-state index contributed by atoms with van der Waals surface area (Å²) in [6, 6.07) is 10.8. The van der Waals surface area contributed by atoms with E-state index in [-0.39, 0.29) is 18.1 Å². The average molecular weight is 563 g/mol. The van der Waals surface area contributed by atoms with Gasteiger partial charge in [-0.05, 0) is 60.9 Å². The van der Waals surface area contributed by atoms with Gasteiger partial charge in [0.25, 0.3) is 0 Å². The zero-order valence-electron chi connectivity index (χ0n) is 20.6. The van der Waals surface area contributed by atoms with Crippen LogP contribution in [0.5, 0.6) is 0 Å². The van der Waals surface area contributed by atoms with E-state index in [9.17, 15) is 13.5 Å². The first-order chi connectivity index (χ1) is 17.5. The smallest absolute Gasteiger partial charge is 0.229 e. The first kappa shape index (κ1) is 26.2. The summed E-state index contributed by atoms with van der Waals surface area (Å²) in [6.07, 6.45) is 3.66. The molecule has 0 amide bonds. The molecule has 0 saturated carbocycles. The van der Waals surface area contributed by atoms with Gasteiger partial charge in [0.2, 0.25) is 10.0 Å². The molecule has 11 heteroatoms. The van der Waals surface area contributed by atoms with Gasteiger partial charge in [-0.3, -0.25) is 4.72 Å². The van der Waals surface area contributed by atoms with Crippen molar-refractivity contribution in [1.82, 2.24) is 9.97 Å². The Morgan fingerprint density at radius 1 is 1.19 bits per heavy atom. The van der Waals surface area contributed by atoms with Crippen LogP contribution in [0.15, 0.2) is 36.4 Å².